The zero-order valence-corrected chi connectivity index (χ0v) is 15.4. The highest BCUT2D eigenvalue weighted by Crippen LogP contribution is 2.29. The number of esters is 1. The van der Waals surface area contributed by atoms with Crippen LogP contribution in [0.5, 0.6) is 0 Å². The van der Waals surface area contributed by atoms with Crippen LogP contribution in [0, 0.1) is 0 Å². The molecule has 1 aromatic carbocycles. The fourth-order valence-corrected chi connectivity index (χ4v) is 4.06. The van der Waals surface area contributed by atoms with Gasteiger partial charge in [-0.3, -0.25) is 4.79 Å². The van der Waals surface area contributed by atoms with E-state index in [9.17, 15) is 9.59 Å². The predicted molar refractivity (Wildman–Crippen MR) is 101 cm³/mol. The van der Waals surface area contributed by atoms with Crippen molar-refractivity contribution in [3.05, 3.63) is 64.5 Å². The Hall–Kier alpha value is -2.51. The number of thiazole rings is 1. The number of thiophene rings is 1. The summed E-state index contributed by atoms with van der Waals surface area (Å²) in [5.41, 5.74) is 0.867. The molecule has 0 bridgehead atoms. The van der Waals surface area contributed by atoms with Crippen LogP contribution in [-0.4, -0.2) is 22.9 Å². The SMILES string of the molecule is O=C(O[C@@H](C(=O)NC1CC1)c1ccccc1)c1csc(-c2cccs2)n1. The number of amides is 1. The Bertz CT molecular complexity index is 902. The number of ether oxygens (including phenoxy) is 1. The van der Waals surface area contributed by atoms with E-state index < -0.39 is 12.1 Å². The highest BCUT2D eigenvalue weighted by atomic mass is 32.1. The summed E-state index contributed by atoms with van der Waals surface area (Å²) in [6.45, 7) is 0. The summed E-state index contributed by atoms with van der Waals surface area (Å²) in [6, 6.07) is 13.1. The van der Waals surface area contributed by atoms with E-state index in [1.807, 2.05) is 35.7 Å². The lowest BCUT2D eigenvalue weighted by molar-refractivity contribution is -0.130. The summed E-state index contributed by atoms with van der Waals surface area (Å²) in [4.78, 5) is 30.5. The molecular weight excluding hydrogens is 368 g/mol. The summed E-state index contributed by atoms with van der Waals surface area (Å²) < 4.78 is 5.54. The summed E-state index contributed by atoms with van der Waals surface area (Å²) in [5.74, 6) is -0.885. The van der Waals surface area contributed by atoms with Crippen molar-refractivity contribution in [1.29, 1.82) is 0 Å². The number of benzene rings is 1. The first-order valence-corrected chi connectivity index (χ1v) is 10.0. The van der Waals surface area contributed by atoms with E-state index in [0.717, 1.165) is 22.7 Å². The normalized spacial score (nSPS) is 14.6. The second kappa shape index (κ2) is 7.39. The van der Waals surface area contributed by atoms with Gasteiger partial charge in [-0.1, -0.05) is 36.4 Å². The van der Waals surface area contributed by atoms with Crippen molar-refractivity contribution in [2.24, 2.45) is 0 Å². The molecule has 4 rings (SSSR count). The Morgan fingerprint density at radius 2 is 1.92 bits per heavy atom. The Morgan fingerprint density at radius 3 is 2.62 bits per heavy atom. The van der Waals surface area contributed by atoms with Gasteiger partial charge in [0.05, 0.1) is 4.88 Å². The first-order chi connectivity index (χ1) is 12.7. The minimum absolute atomic E-state index is 0.192. The number of carbonyl (C=O) groups is 2. The largest absolute Gasteiger partial charge is 0.443 e. The highest BCUT2D eigenvalue weighted by Gasteiger charge is 2.31. The summed E-state index contributed by atoms with van der Waals surface area (Å²) in [7, 11) is 0. The third-order valence-corrected chi connectivity index (χ3v) is 5.82. The number of hydrogen-bond donors (Lipinski definition) is 1. The average molecular weight is 384 g/mol. The molecule has 1 aliphatic carbocycles. The monoisotopic (exact) mass is 384 g/mol. The van der Waals surface area contributed by atoms with Crippen molar-refractivity contribution >= 4 is 34.6 Å². The molecule has 3 aromatic rings. The molecule has 1 saturated carbocycles. The van der Waals surface area contributed by atoms with E-state index in [0.29, 0.717) is 5.56 Å². The number of nitrogens with zero attached hydrogens (tertiary/aromatic N) is 1. The van der Waals surface area contributed by atoms with Crippen molar-refractivity contribution in [1.82, 2.24) is 10.3 Å². The molecule has 0 spiro atoms. The van der Waals surface area contributed by atoms with E-state index >= 15 is 0 Å². The summed E-state index contributed by atoms with van der Waals surface area (Å²) in [5, 5.41) is 7.30. The molecule has 1 aliphatic rings. The van der Waals surface area contributed by atoms with Crippen molar-refractivity contribution in [2.45, 2.75) is 25.0 Å². The molecule has 0 saturated heterocycles. The highest BCUT2D eigenvalue weighted by molar-refractivity contribution is 7.20. The number of carbonyl (C=O) groups excluding carboxylic acids is 2. The average Bonchev–Trinajstić information content (AvgIpc) is 3.14. The molecule has 1 atom stereocenters. The van der Waals surface area contributed by atoms with E-state index in [1.165, 1.54) is 11.3 Å². The third kappa shape index (κ3) is 3.84. The molecule has 7 heteroatoms. The quantitative estimate of drug-likeness (QED) is 0.651. The van der Waals surface area contributed by atoms with E-state index in [-0.39, 0.29) is 17.6 Å². The minimum Gasteiger partial charge on any atom is -0.443 e. The van der Waals surface area contributed by atoms with Crippen LogP contribution in [0.1, 0.15) is 35.0 Å². The van der Waals surface area contributed by atoms with E-state index in [2.05, 4.69) is 10.3 Å². The number of rotatable bonds is 6. The Labute approximate surface area is 158 Å². The van der Waals surface area contributed by atoms with Gasteiger partial charge in [-0.2, -0.15) is 0 Å². The maximum Gasteiger partial charge on any atom is 0.358 e. The molecule has 26 heavy (non-hydrogen) atoms. The van der Waals surface area contributed by atoms with Crippen LogP contribution < -0.4 is 5.32 Å². The molecule has 1 N–H and O–H groups in total. The number of aromatic nitrogens is 1. The van der Waals surface area contributed by atoms with Crippen LogP contribution in [-0.2, 0) is 9.53 Å². The fourth-order valence-electron chi connectivity index (χ4n) is 2.45. The number of hydrogen-bond acceptors (Lipinski definition) is 6. The van der Waals surface area contributed by atoms with Gasteiger partial charge < -0.3 is 10.1 Å². The molecule has 0 radical (unpaired) electrons. The smallest absolute Gasteiger partial charge is 0.358 e. The molecule has 132 valence electrons. The summed E-state index contributed by atoms with van der Waals surface area (Å²) in [6.07, 6.45) is 0.964. The summed E-state index contributed by atoms with van der Waals surface area (Å²) >= 11 is 2.95. The van der Waals surface area contributed by atoms with Crippen LogP contribution in [0.25, 0.3) is 9.88 Å². The standard InChI is InChI=1S/C19H16N2O3S2/c22-17(20-13-8-9-13)16(12-5-2-1-3-6-12)24-19(23)14-11-26-18(21-14)15-7-4-10-25-15/h1-7,10-11,13,16H,8-9H2,(H,20,22)/t16-/m1/s1. The molecule has 5 nitrogen and oxygen atoms in total. The lowest BCUT2D eigenvalue weighted by Gasteiger charge is -2.17. The van der Waals surface area contributed by atoms with E-state index in [4.69, 9.17) is 4.74 Å². The molecule has 1 amide bonds. The van der Waals surface area contributed by atoms with Gasteiger partial charge in [0.15, 0.2) is 5.69 Å². The van der Waals surface area contributed by atoms with Gasteiger partial charge in [-0.15, -0.1) is 22.7 Å². The van der Waals surface area contributed by atoms with Gasteiger partial charge in [-0.25, -0.2) is 9.78 Å². The van der Waals surface area contributed by atoms with Crippen LogP contribution in [0.3, 0.4) is 0 Å². The predicted octanol–water partition coefficient (Wildman–Crippen LogP) is 4.05. The maximum atomic E-state index is 12.6. The zero-order valence-electron chi connectivity index (χ0n) is 13.8. The first-order valence-electron chi connectivity index (χ1n) is 8.26. The van der Waals surface area contributed by atoms with Crippen LogP contribution >= 0.6 is 22.7 Å². The van der Waals surface area contributed by atoms with Crippen LogP contribution in [0.2, 0.25) is 0 Å². The first kappa shape index (κ1) is 16.9. The Kier molecular flexibility index (Phi) is 4.81. The van der Waals surface area contributed by atoms with Crippen LogP contribution in [0.15, 0.2) is 53.2 Å². The third-order valence-electron chi connectivity index (χ3n) is 3.93. The van der Waals surface area contributed by atoms with Gasteiger partial charge >= 0.3 is 5.97 Å². The van der Waals surface area contributed by atoms with Crippen molar-refractivity contribution in [3.63, 3.8) is 0 Å². The lowest BCUT2D eigenvalue weighted by Crippen LogP contribution is -2.33. The Morgan fingerprint density at radius 1 is 1.12 bits per heavy atom. The van der Waals surface area contributed by atoms with Gasteiger partial charge in [0.25, 0.3) is 5.91 Å². The zero-order chi connectivity index (χ0) is 17.9. The minimum atomic E-state index is -0.976. The maximum absolute atomic E-state index is 12.6. The topological polar surface area (TPSA) is 68.3 Å². The molecule has 0 unspecified atom stereocenters. The van der Waals surface area contributed by atoms with Gasteiger partial charge in [-0.05, 0) is 24.3 Å². The van der Waals surface area contributed by atoms with Crippen molar-refractivity contribution in [3.8, 4) is 9.88 Å². The van der Waals surface area contributed by atoms with Crippen LogP contribution in [0.4, 0.5) is 0 Å². The molecule has 2 aromatic heterocycles. The molecular formula is C19H16N2O3S2. The molecule has 0 aliphatic heterocycles. The number of nitrogens with one attached hydrogen (secondary N) is 1. The van der Waals surface area contributed by atoms with Crippen molar-refractivity contribution in [2.75, 3.05) is 0 Å². The second-order valence-electron chi connectivity index (χ2n) is 5.99. The van der Waals surface area contributed by atoms with Crippen molar-refractivity contribution < 1.29 is 14.3 Å². The van der Waals surface area contributed by atoms with Gasteiger partial charge in [0, 0.05) is 17.0 Å². The fraction of sp³-hybridized carbons (Fsp3) is 0.211. The molecule has 2 heterocycles. The van der Waals surface area contributed by atoms with E-state index in [1.54, 1.807) is 28.8 Å². The Balaban J connectivity index is 1.53. The second-order valence-corrected chi connectivity index (χ2v) is 7.80. The van der Waals surface area contributed by atoms with Gasteiger partial charge in [0.2, 0.25) is 6.10 Å². The lowest BCUT2D eigenvalue weighted by atomic mass is 10.1. The molecule has 1 fully saturated rings. The van der Waals surface area contributed by atoms with Gasteiger partial charge in [0.1, 0.15) is 5.01 Å².